The lowest BCUT2D eigenvalue weighted by atomic mass is 10.1. The normalized spacial score (nSPS) is 10.9. The average Bonchev–Trinajstić information content (AvgIpc) is 3.22. The number of hydrogen-bond donors (Lipinski definition) is 0. The first-order valence-electron chi connectivity index (χ1n) is 8.50. The maximum atomic E-state index is 12.6. The van der Waals surface area contributed by atoms with E-state index in [1.165, 1.54) is 5.56 Å². The first-order chi connectivity index (χ1) is 12.8. The van der Waals surface area contributed by atoms with E-state index in [0.717, 1.165) is 17.0 Å². The minimum Gasteiger partial charge on any atom is -0.471 e. The van der Waals surface area contributed by atoms with Crippen molar-refractivity contribution in [3.63, 3.8) is 0 Å². The van der Waals surface area contributed by atoms with Gasteiger partial charge in [-0.3, -0.25) is 9.48 Å². The molecule has 0 bridgehead atoms. The Balaban J connectivity index is 1.63. The van der Waals surface area contributed by atoms with Crippen molar-refractivity contribution in [1.82, 2.24) is 24.5 Å². The highest BCUT2D eigenvalue weighted by molar-refractivity contribution is 6.31. The number of nitrogens with zero attached hydrogens (tertiary/aromatic N) is 5. The number of hydrogen-bond acceptors (Lipinski definition) is 4. The molecule has 2 aromatic heterocycles. The van der Waals surface area contributed by atoms with Crippen molar-refractivity contribution in [3.05, 3.63) is 64.2 Å². The fourth-order valence-electron chi connectivity index (χ4n) is 2.75. The van der Waals surface area contributed by atoms with E-state index in [9.17, 15) is 4.79 Å². The third kappa shape index (κ3) is 4.31. The Labute approximate surface area is 163 Å². The fraction of sp³-hybridized carbons (Fsp3) is 0.316. The predicted octanol–water partition coefficient (Wildman–Crippen LogP) is 3.20. The Kier molecular flexibility index (Phi) is 5.51. The molecule has 3 aromatic rings. The van der Waals surface area contributed by atoms with E-state index in [1.807, 2.05) is 26.0 Å². The molecule has 0 spiro atoms. The van der Waals surface area contributed by atoms with E-state index in [0.29, 0.717) is 17.3 Å². The van der Waals surface area contributed by atoms with Crippen LogP contribution in [0.4, 0.5) is 0 Å². The first kappa shape index (κ1) is 19.0. The maximum absolute atomic E-state index is 12.6. The fourth-order valence-corrected chi connectivity index (χ4v) is 2.98. The van der Waals surface area contributed by atoms with Crippen LogP contribution < -0.4 is 4.74 Å². The van der Waals surface area contributed by atoms with Gasteiger partial charge in [0.15, 0.2) is 12.4 Å². The lowest BCUT2D eigenvalue weighted by molar-refractivity contribution is 0.0774. The summed E-state index contributed by atoms with van der Waals surface area (Å²) in [6.07, 6.45) is 3.29. The quantitative estimate of drug-likeness (QED) is 0.651. The Hall–Kier alpha value is -2.80. The van der Waals surface area contributed by atoms with Crippen LogP contribution in [0.1, 0.15) is 27.3 Å². The van der Waals surface area contributed by atoms with Gasteiger partial charge in [-0.2, -0.15) is 10.2 Å². The molecule has 27 heavy (non-hydrogen) atoms. The second-order valence-corrected chi connectivity index (χ2v) is 6.91. The second kappa shape index (κ2) is 7.84. The van der Waals surface area contributed by atoms with Crippen molar-refractivity contribution in [2.75, 3.05) is 7.05 Å². The van der Waals surface area contributed by atoms with Crippen LogP contribution >= 0.6 is 11.6 Å². The van der Waals surface area contributed by atoms with E-state index in [4.69, 9.17) is 16.3 Å². The van der Waals surface area contributed by atoms with E-state index >= 15 is 0 Å². The molecule has 1 aromatic carbocycles. The summed E-state index contributed by atoms with van der Waals surface area (Å²) in [6, 6.07) is 7.67. The largest absolute Gasteiger partial charge is 0.471 e. The molecule has 1 amide bonds. The van der Waals surface area contributed by atoms with Gasteiger partial charge in [-0.15, -0.1) is 0 Å². The van der Waals surface area contributed by atoms with Gasteiger partial charge < -0.3 is 9.64 Å². The molecule has 0 aliphatic rings. The van der Waals surface area contributed by atoms with Crippen LogP contribution in [0.5, 0.6) is 5.75 Å². The number of carbonyl (C=O) groups excluding carboxylic acids is 1. The van der Waals surface area contributed by atoms with Crippen LogP contribution in [0.3, 0.4) is 0 Å². The predicted molar refractivity (Wildman–Crippen MR) is 103 cm³/mol. The molecule has 0 atom stereocenters. The minimum absolute atomic E-state index is 0.197. The number of benzene rings is 1. The van der Waals surface area contributed by atoms with E-state index in [-0.39, 0.29) is 12.6 Å². The zero-order valence-corrected chi connectivity index (χ0v) is 16.6. The summed E-state index contributed by atoms with van der Waals surface area (Å²) in [5.74, 6) is 0.601. The Bertz CT molecular complexity index is 943. The smallest absolute Gasteiger partial charge is 0.274 e. The maximum Gasteiger partial charge on any atom is 0.274 e. The number of aromatic nitrogens is 4. The molecule has 0 radical (unpaired) electrons. The second-order valence-electron chi connectivity index (χ2n) is 6.51. The molecule has 142 valence electrons. The topological polar surface area (TPSA) is 65.2 Å². The van der Waals surface area contributed by atoms with Crippen LogP contribution in [0.15, 0.2) is 36.7 Å². The van der Waals surface area contributed by atoms with Crippen molar-refractivity contribution in [3.8, 4) is 5.75 Å². The van der Waals surface area contributed by atoms with Crippen LogP contribution in [0, 0.1) is 13.8 Å². The summed E-state index contributed by atoms with van der Waals surface area (Å²) < 4.78 is 9.04. The summed E-state index contributed by atoms with van der Waals surface area (Å²) in [4.78, 5) is 14.2. The monoisotopic (exact) mass is 387 g/mol. The van der Waals surface area contributed by atoms with Gasteiger partial charge in [0.25, 0.3) is 5.91 Å². The van der Waals surface area contributed by atoms with Crippen LogP contribution in [0.2, 0.25) is 5.02 Å². The molecule has 2 heterocycles. The molecule has 0 saturated heterocycles. The van der Waals surface area contributed by atoms with Gasteiger partial charge in [0.1, 0.15) is 5.75 Å². The van der Waals surface area contributed by atoms with E-state index < -0.39 is 0 Å². The molecule has 0 aliphatic carbocycles. The van der Waals surface area contributed by atoms with Gasteiger partial charge in [0.05, 0.1) is 23.5 Å². The van der Waals surface area contributed by atoms with Crippen molar-refractivity contribution >= 4 is 17.5 Å². The lowest BCUT2D eigenvalue weighted by Gasteiger charge is -2.16. The summed E-state index contributed by atoms with van der Waals surface area (Å²) >= 11 is 6.11. The van der Waals surface area contributed by atoms with Gasteiger partial charge in [-0.05, 0) is 31.5 Å². The zero-order valence-electron chi connectivity index (χ0n) is 15.8. The van der Waals surface area contributed by atoms with Crippen LogP contribution in [-0.4, -0.2) is 37.4 Å². The van der Waals surface area contributed by atoms with E-state index in [2.05, 4.69) is 16.3 Å². The molecule has 0 aliphatic heterocycles. The molecular weight excluding hydrogens is 366 g/mol. The highest BCUT2D eigenvalue weighted by atomic mass is 35.5. The number of rotatable bonds is 6. The van der Waals surface area contributed by atoms with Crippen molar-refractivity contribution in [2.24, 2.45) is 7.05 Å². The number of amides is 1. The Morgan fingerprint density at radius 2 is 2.07 bits per heavy atom. The van der Waals surface area contributed by atoms with Crippen LogP contribution in [0.25, 0.3) is 0 Å². The number of halogens is 1. The molecule has 7 nitrogen and oxygen atoms in total. The SMILES string of the molecule is Cc1ccc(OCn2ccc(C(=O)N(C)Cc3c(Cl)cnn3C)n2)c(C)c1. The standard InChI is InChI=1S/C19H22ClN5O2/c1-13-5-6-18(14(2)9-13)27-12-25-8-7-16(22-25)19(26)23(3)11-17-15(20)10-21-24(17)4/h5-10H,11-12H2,1-4H3. The minimum atomic E-state index is -0.197. The molecule has 0 unspecified atom stereocenters. The van der Waals surface area contributed by atoms with Crippen molar-refractivity contribution in [2.45, 2.75) is 27.1 Å². The van der Waals surface area contributed by atoms with Gasteiger partial charge in [-0.1, -0.05) is 29.3 Å². The summed E-state index contributed by atoms with van der Waals surface area (Å²) in [7, 11) is 3.50. The molecule has 0 saturated carbocycles. The third-order valence-electron chi connectivity index (χ3n) is 4.29. The molecule has 8 heteroatoms. The Morgan fingerprint density at radius 3 is 2.74 bits per heavy atom. The van der Waals surface area contributed by atoms with Gasteiger partial charge in [0, 0.05) is 20.3 Å². The molecule has 0 N–H and O–H groups in total. The number of carbonyl (C=O) groups is 1. The average molecular weight is 388 g/mol. The Morgan fingerprint density at radius 1 is 1.30 bits per heavy atom. The summed E-state index contributed by atoms with van der Waals surface area (Å²) in [5.41, 5.74) is 3.36. The van der Waals surface area contributed by atoms with E-state index in [1.54, 1.807) is 46.8 Å². The van der Waals surface area contributed by atoms with Gasteiger partial charge in [-0.25, -0.2) is 4.68 Å². The van der Waals surface area contributed by atoms with Crippen LogP contribution in [-0.2, 0) is 20.3 Å². The zero-order chi connectivity index (χ0) is 19.6. The third-order valence-corrected chi connectivity index (χ3v) is 4.60. The molecular formula is C19H22ClN5O2. The lowest BCUT2D eigenvalue weighted by Crippen LogP contribution is -2.28. The number of ether oxygens (including phenoxy) is 1. The molecule has 0 fully saturated rings. The van der Waals surface area contributed by atoms with Crippen molar-refractivity contribution < 1.29 is 9.53 Å². The molecule has 3 rings (SSSR count). The van der Waals surface area contributed by atoms with Gasteiger partial charge >= 0.3 is 0 Å². The summed E-state index contributed by atoms with van der Waals surface area (Å²) in [5, 5.41) is 8.93. The first-order valence-corrected chi connectivity index (χ1v) is 8.88. The van der Waals surface area contributed by atoms with Gasteiger partial charge in [0.2, 0.25) is 0 Å². The number of aryl methyl sites for hydroxylation is 3. The summed E-state index contributed by atoms with van der Waals surface area (Å²) in [6.45, 7) is 4.62. The highest BCUT2D eigenvalue weighted by Gasteiger charge is 2.18. The highest BCUT2D eigenvalue weighted by Crippen LogP contribution is 2.19. The van der Waals surface area contributed by atoms with Crippen molar-refractivity contribution in [1.29, 1.82) is 0 Å².